The van der Waals surface area contributed by atoms with Crippen molar-refractivity contribution in [2.24, 2.45) is 0 Å². The fourth-order valence-electron chi connectivity index (χ4n) is 4.24. The van der Waals surface area contributed by atoms with E-state index in [2.05, 4.69) is 15.8 Å². The van der Waals surface area contributed by atoms with E-state index >= 15 is 0 Å². The van der Waals surface area contributed by atoms with Crippen LogP contribution in [-0.2, 0) is 36.8 Å². The number of benzene rings is 2. The van der Waals surface area contributed by atoms with Crippen LogP contribution in [0.25, 0.3) is 10.9 Å². The van der Waals surface area contributed by atoms with Crippen LogP contribution in [0, 0.1) is 0 Å². The van der Waals surface area contributed by atoms with Gasteiger partial charge in [0.05, 0.1) is 27.4 Å². The number of H-pyrrole nitrogens is 1. The Kier molecular flexibility index (Phi) is 11.2. The van der Waals surface area contributed by atoms with E-state index in [1.54, 1.807) is 19.1 Å². The minimum atomic E-state index is -0.361. The zero-order valence-electron chi connectivity index (χ0n) is 22.4. The predicted octanol–water partition coefficient (Wildman–Crippen LogP) is 3.57. The van der Waals surface area contributed by atoms with Gasteiger partial charge in [-0.3, -0.25) is 14.4 Å². The van der Waals surface area contributed by atoms with Crippen LogP contribution < -0.4 is 4.74 Å². The maximum Gasteiger partial charge on any atom is 0.305 e. The molecule has 0 aliphatic heterocycles. The van der Waals surface area contributed by atoms with Crippen molar-refractivity contribution in [2.45, 2.75) is 32.2 Å². The molecule has 0 spiro atoms. The quantitative estimate of drug-likeness (QED) is 0.306. The first kappa shape index (κ1) is 28.7. The molecule has 0 unspecified atom stereocenters. The number of aromatic nitrogens is 1. The van der Waals surface area contributed by atoms with Crippen LogP contribution in [0.4, 0.5) is 0 Å². The zero-order valence-corrected chi connectivity index (χ0v) is 22.4. The van der Waals surface area contributed by atoms with Crippen molar-refractivity contribution in [3.8, 4) is 5.75 Å². The minimum absolute atomic E-state index is 0.0650. The number of rotatable bonds is 15. The van der Waals surface area contributed by atoms with Gasteiger partial charge in [-0.15, -0.1) is 0 Å². The fourth-order valence-corrected chi connectivity index (χ4v) is 4.24. The standard InChI is InChI=1S/C29H37N3O6/c1-36-18-17-32(27(33)9-6-10-29(35)38-3)21-28(34)31(20-22-11-13-24(37-2)14-12-22)16-15-23-19-30-26-8-5-4-7-25(23)26/h4-5,7-8,11-14,19,30H,6,9-10,15-18,20-21H2,1-3H3. The smallest absolute Gasteiger partial charge is 0.305 e. The summed E-state index contributed by atoms with van der Waals surface area (Å²) in [4.78, 5) is 44.5. The Morgan fingerprint density at radius 2 is 1.63 bits per heavy atom. The molecule has 1 N–H and O–H groups in total. The van der Waals surface area contributed by atoms with Gasteiger partial charge in [-0.1, -0.05) is 30.3 Å². The molecule has 0 aliphatic carbocycles. The summed E-state index contributed by atoms with van der Waals surface area (Å²) in [5, 5.41) is 1.13. The highest BCUT2D eigenvalue weighted by molar-refractivity contribution is 5.85. The molecule has 3 rings (SSSR count). The van der Waals surface area contributed by atoms with Gasteiger partial charge in [0.25, 0.3) is 0 Å². The summed E-state index contributed by atoms with van der Waals surface area (Å²) in [6, 6.07) is 15.7. The number of methoxy groups -OCH3 is 3. The maximum absolute atomic E-state index is 13.6. The molecule has 0 saturated heterocycles. The van der Waals surface area contributed by atoms with Crippen LogP contribution >= 0.6 is 0 Å². The van der Waals surface area contributed by atoms with Crippen LogP contribution in [0.3, 0.4) is 0 Å². The number of para-hydroxylation sites is 1. The lowest BCUT2D eigenvalue weighted by Crippen LogP contribution is -2.44. The van der Waals surface area contributed by atoms with Crippen molar-refractivity contribution < 1.29 is 28.6 Å². The third-order valence-electron chi connectivity index (χ3n) is 6.45. The van der Waals surface area contributed by atoms with E-state index in [4.69, 9.17) is 9.47 Å². The van der Waals surface area contributed by atoms with E-state index in [1.807, 2.05) is 48.7 Å². The number of hydrogen-bond donors (Lipinski definition) is 1. The molecule has 2 amide bonds. The van der Waals surface area contributed by atoms with Gasteiger partial charge < -0.3 is 29.0 Å². The number of hydrogen-bond acceptors (Lipinski definition) is 6. The lowest BCUT2D eigenvalue weighted by atomic mass is 10.1. The lowest BCUT2D eigenvalue weighted by Gasteiger charge is -2.28. The van der Waals surface area contributed by atoms with Crippen LogP contribution in [0.15, 0.2) is 54.7 Å². The Labute approximate surface area is 223 Å². The second-order valence-electron chi connectivity index (χ2n) is 9.01. The number of nitrogens with one attached hydrogen (secondary N) is 1. The lowest BCUT2D eigenvalue weighted by molar-refractivity contribution is -0.143. The largest absolute Gasteiger partial charge is 0.497 e. The van der Waals surface area contributed by atoms with Crippen molar-refractivity contribution >= 4 is 28.7 Å². The second-order valence-corrected chi connectivity index (χ2v) is 9.01. The first-order valence-electron chi connectivity index (χ1n) is 12.7. The van der Waals surface area contributed by atoms with E-state index in [9.17, 15) is 14.4 Å². The Morgan fingerprint density at radius 3 is 2.34 bits per heavy atom. The number of esters is 1. The molecule has 0 bridgehead atoms. The monoisotopic (exact) mass is 523 g/mol. The summed E-state index contributed by atoms with van der Waals surface area (Å²) >= 11 is 0. The van der Waals surface area contributed by atoms with Crippen LogP contribution in [-0.4, -0.2) is 80.1 Å². The van der Waals surface area contributed by atoms with Crippen molar-refractivity contribution in [3.05, 3.63) is 65.9 Å². The zero-order chi connectivity index (χ0) is 27.3. The third-order valence-corrected chi connectivity index (χ3v) is 6.45. The van der Waals surface area contributed by atoms with Gasteiger partial charge in [-0.05, 0) is 42.2 Å². The summed E-state index contributed by atoms with van der Waals surface area (Å²) in [5.74, 6) is 0.0346. The Morgan fingerprint density at radius 1 is 0.868 bits per heavy atom. The van der Waals surface area contributed by atoms with Gasteiger partial charge in [0.1, 0.15) is 5.75 Å². The highest BCUT2D eigenvalue weighted by atomic mass is 16.5. The summed E-state index contributed by atoms with van der Waals surface area (Å²) in [6.45, 7) is 1.42. The molecule has 38 heavy (non-hydrogen) atoms. The average molecular weight is 524 g/mol. The first-order chi connectivity index (χ1) is 18.4. The number of ether oxygens (including phenoxy) is 3. The van der Waals surface area contributed by atoms with E-state index in [0.717, 1.165) is 27.8 Å². The number of aromatic amines is 1. The molecule has 0 atom stereocenters. The molecule has 0 fully saturated rings. The van der Waals surface area contributed by atoms with E-state index in [1.165, 1.54) is 12.0 Å². The number of nitrogens with zero attached hydrogens (tertiary/aromatic N) is 2. The van der Waals surface area contributed by atoms with Gasteiger partial charge in [-0.25, -0.2) is 0 Å². The van der Waals surface area contributed by atoms with E-state index < -0.39 is 0 Å². The Hall–Kier alpha value is -3.85. The molecule has 2 aromatic carbocycles. The molecule has 9 heteroatoms. The average Bonchev–Trinajstić information content (AvgIpc) is 3.36. The molecule has 0 aliphatic rings. The summed E-state index contributed by atoms with van der Waals surface area (Å²) in [7, 11) is 4.49. The van der Waals surface area contributed by atoms with Crippen LogP contribution in [0.2, 0.25) is 0 Å². The SMILES string of the molecule is COCCN(CC(=O)N(CCc1c[nH]c2ccccc12)Cc1ccc(OC)cc1)C(=O)CCCC(=O)OC. The predicted molar refractivity (Wildman–Crippen MR) is 145 cm³/mol. The third kappa shape index (κ3) is 8.34. The summed E-state index contributed by atoms with van der Waals surface area (Å²) in [6.07, 6.45) is 3.31. The number of carbonyl (C=O) groups excluding carboxylic acids is 3. The highest BCUT2D eigenvalue weighted by Crippen LogP contribution is 2.19. The normalized spacial score (nSPS) is 10.8. The topological polar surface area (TPSA) is 101 Å². The van der Waals surface area contributed by atoms with Crippen molar-refractivity contribution in [1.29, 1.82) is 0 Å². The molecule has 3 aromatic rings. The first-order valence-corrected chi connectivity index (χ1v) is 12.7. The van der Waals surface area contributed by atoms with Gasteiger partial charge in [0.2, 0.25) is 11.8 Å². The molecule has 0 saturated carbocycles. The number of amides is 2. The van der Waals surface area contributed by atoms with Crippen molar-refractivity contribution in [1.82, 2.24) is 14.8 Å². The number of carbonyl (C=O) groups is 3. The van der Waals surface area contributed by atoms with Gasteiger partial charge in [0.15, 0.2) is 0 Å². The Bertz CT molecular complexity index is 1190. The molecular weight excluding hydrogens is 486 g/mol. The molecule has 0 radical (unpaired) electrons. The van der Waals surface area contributed by atoms with E-state index in [0.29, 0.717) is 32.5 Å². The molecule has 1 aromatic heterocycles. The van der Waals surface area contributed by atoms with Crippen LogP contribution in [0.5, 0.6) is 5.75 Å². The Balaban J connectivity index is 1.73. The van der Waals surface area contributed by atoms with Gasteiger partial charge in [-0.2, -0.15) is 0 Å². The second kappa shape index (κ2) is 14.8. The molecule has 1 heterocycles. The molecule has 9 nitrogen and oxygen atoms in total. The van der Waals surface area contributed by atoms with Crippen molar-refractivity contribution in [3.63, 3.8) is 0 Å². The maximum atomic E-state index is 13.6. The van der Waals surface area contributed by atoms with Gasteiger partial charge in [0, 0.05) is 56.7 Å². The van der Waals surface area contributed by atoms with Crippen molar-refractivity contribution in [2.75, 3.05) is 47.6 Å². The number of fused-ring (bicyclic) bond motifs is 1. The molecular formula is C29H37N3O6. The minimum Gasteiger partial charge on any atom is -0.497 e. The molecule has 204 valence electrons. The highest BCUT2D eigenvalue weighted by Gasteiger charge is 2.22. The van der Waals surface area contributed by atoms with Gasteiger partial charge >= 0.3 is 5.97 Å². The fraction of sp³-hybridized carbons (Fsp3) is 0.414. The van der Waals surface area contributed by atoms with E-state index in [-0.39, 0.29) is 43.7 Å². The summed E-state index contributed by atoms with van der Waals surface area (Å²) < 4.78 is 15.1. The summed E-state index contributed by atoms with van der Waals surface area (Å²) in [5.41, 5.74) is 3.15. The van der Waals surface area contributed by atoms with Crippen LogP contribution in [0.1, 0.15) is 30.4 Å².